The maximum absolute atomic E-state index is 12.2. The molecule has 4 heteroatoms. The number of benzene rings is 2. The lowest BCUT2D eigenvalue weighted by Gasteiger charge is -2.26. The maximum atomic E-state index is 12.2. The van der Waals surface area contributed by atoms with Crippen LogP contribution in [0.15, 0.2) is 66.4 Å². The van der Waals surface area contributed by atoms with Gasteiger partial charge in [0.1, 0.15) is 11.5 Å². The minimum Gasteiger partial charge on any atom is -0.457 e. The Bertz CT molecular complexity index is 971. The van der Waals surface area contributed by atoms with Crippen LogP contribution in [0.3, 0.4) is 0 Å². The molecule has 2 aromatic carbocycles. The fourth-order valence-electron chi connectivity index (χ4n) is 3.89. The number of nitrogens with one attached hydrogen (secondary N) is 1. The number of ether oxygens (including phenoxy) is 1. The van der Waals surface area contributed by atoms with Gasteiger partial charge >= 0.3 is 0 Å². The van der Waals surface area contributed by atoms with Gasteiger partial charge in [0.05, 0.1) is 0 Å². The number of rotatable bonds is 6. The smallest absolute Gasteiger partial charge is 0.251 e. The molecule has 2 aromatic rings. The van der Waals surface area contributed by atoms with Crippen LogP contribution in [-0.4, -0.2) is 30.4 Å². The number of allylic oxidation sites excluding steroid dienone is 3. The predicted molar refractivity (Wildman–Crippen MR) is 114 cm³/mol. The molecule has 0 saturated heterocycles. The lowest BCUT2D eigenvalue weighted by Crippen LogP contribution is -2.26. The van der Waals surface area contributed by atoms with Crippen LogP contribution < -0.4 is 10.1 Å². The Hall–Kier alpha value is -3.01. The molecule has 0 bridgehead atoms. The normalized spacial score (nSPS) is 17.7. The third kappa shape index (κ3) is 4.21. The molecule has 1 amide bonds. The molecule has 0 spiro atoms. The van der Waals surface area contributed by atoms with E-state index in [1.165, 1.54) is 29.7 Å². The van der Waals surface area contributed by atoms with Crippen molar-refractivity contribution >= 4 is 5.91 Å². The van der Waals surface area contributed by atoms with Crippen molar-refractivity contribution in [3.63, 3.8) is 0 Å². The van der Waals surface area contributed by atoms with E-state index in [1.54, 1.807) is 0 Å². The first-order chi connectivity index (χ1) is 14.2. The van der Waals surface area contributed by atoms with Crippen LogP contribution in [-0.2, 0) is 12.8 Å². The highest BCUT2D eigenvalue weighted by atomic mass is 16.5. The highest BCUT2D eigenvalue weighted by molar-refractivity contribution is 5.94. The van der Waals surface area contributed by atoms with Crippen LogP contribution in [0.25, 0.3) is 0 Å². The Morgan fingerprint density at radius 1 is 1.00 bits per heavy atom. The van der Waals surface area contributed by atoms with Crippen LogP contribution in [0.5, 0.6) is 11.5 Å². The predicted octanol–water partition coefficient (Wildman–Crippen LogP) is 4.47. The van der Waals surface area contributed by atoms with E-state index in [4.69, 9.17) is 4.74 Å². The van der Waals surface area contributed by atoms with Gasteiger partial charge in [0.2, 0.25) is 0 Å². The summed E-state index contributed by atoms with van der Waals surface area (Å²) in [6, 6.07) is 13.8. The summed E-state index contributed by atoms with van der Waals surface area (Å²) in [4.78, 5) is 14.6. The first-order valence-corrected chi connectivity index (χ1v) is 10.6. The molecule has 1 aliphatic heterocycles. The topological polar surface area (TPSA) is 41.6 Å². The molecule has 5 rings (SSSR count). The van der Waals surface area contributed by atoms with Crippen molar-refractivity contribution in [2.24, 2.45) is 5.92 Å². The largest absolute Gasteiger partial charge is 0.457 e. The first-order valence-electron chi connectivity index (χ1n) is 10.6. The Labute approximate surface area is 171 Å². The van der Waals surface area contributed by atoms with Crippen molar-refractivity contribution in [2.75, 3.05) is 19.6 Å². The summed E-state index contributed by atoms with van der Waals surface area (Å²) >= 11 is 0. The standard InChI is InChI=1S/C25H26N2O2/c28-25(26-17-18-4-5-18)20-7-9-23(10-8-20)29-24-11-6-19-12-14-27(22-2-1-3-22)15-13-21(19)16-24/h1-3,6-11,16,18H,4-5,12-15,17H2,(H,26,28). The lowest BCUT2D eigenvalue weighted by atomic mass is 10.0. The summed E-state index contributed by atoms with van der Waals surface area (Å²) in [7, 11) is 0. The third-order valence-electron chi connectivity index (χ3n) is 5.98. The molecule has 2 aliphatic carbocycles. The van der Waals surface area contributed by atoms with Crippen LogP contribution in [0.2, 0.25) is 0 Å². The van der Waals surface area contributed by atoms with E-state index in [1.807, 2.05) is 30.3 Å². The first kappa shape index (κ1) is 18.0. The SMILES string of the molecule is O=C(NCC1CC1)c1ccc(Oc2ccc3c(c2)CCN(C2=CC=C2)CC3)cc1. The maximum Gasteiger partial charge on any atom is 0.251 e. The summed E-state index contributed by atoms with van der Waals surface area (Å²) in [5, 5.41) is 3.00. The molecular weight excluding hydrogens is 360 g/mol. The number of nitrogens with zero attached hydrogens (tertiary/aromatic N) is 1. The van der Waals surface area contributed by atoms with E-state index in [0.717, 1.165) is 44.0 Å². The molecule has 1 saturated carbocycles. The van der Waals surface area contributed by atoms with Crippen molar-refractivity contribution in [1.82, 2.24) is 10.2 Å². The molecule has 0 atom stereocenters. The van der Waals surface area contributed by atoms with E-state index in [9.17, 15) is 4.79 Å². The number of carbonyl (C=O) groups excluding carboxylic acids is 1. The van der Waals surface area contributed by atoms with Gasteiger partial charge in [-0.05, 0) is 91.3 Å². The number of hydrogen-bond donors (Lipinski definition) is 1. The Kier molecular flexibility index (Phi) is 4.84. The van der Waals surface area contributed by atoms with Crippen LogP contribution in [0, 0.1) is 5.92 Å². The summed E-state index contributed by atoms with van der Waals surface area (Å²) < 4.78 is 6.07. The van der Waals surface area contributed by atoms with Gasteiger partial charge in [-0.3, -0.25) is 4.79 Å². The number of fused-ring (bicyclic) bond motifs is 1. The van der Waals surface area contributed by atoms with Gasteiger partial charge in [0.25, 0.3) is 5.91 Å². The van der Waals surface area contributed by atoms with Crippen molar-refractivity contribution in [2.45, 2.75) is 25.7 Å². The van der Waals surface area contributed by atoms with Gasteiger partial charge in [0.15, 0.2) is 0 Å². The zero-order valence-corrected chi connectivity index (χ0v) is 16.6. The van der Waals surface area contributed by atoms with Crippen molar-refractivity contribution in [3.8, 4) is 11.5 Å². The highest BCUT2D eigenvalue weighted by Gasteiger charge is 2.22. The molecule has 1 fully saturated rings. The molecular formula is C25H26N2O2. The van der Waals surface area contributed by atoms with Crippen LogP contribution in [0.4, 0.5) is 0 Å². The molecule has 0 unspecified atom stereocenters. The second kappa shape index (κ2) is 7.78. The summed E-state index contributed by atoms with van der Waals surface area (Å²) in [5.74, 6) is 2.29. The van der Waals surface area contributed by atoms with Gasteiger partial charge in [-0.25, -0.2) is 0 Å². The van der Waals surface area contributed by atoms with E-state index >= 15 is 0 Å². The Morgan fingerprint density at radius 3 is 2.41 bits per heavy atom. The van der Waals surface area contributed by atoms with Crippen LogP contribution in [0.1, 0.15) is 34.3 Å². The van der Waals surface area contributed by atoms with Crippen molar-refractivity contribution in [1.29, 1.82) is 0 Å². The molecule has 0 aromatic heterocycles. The molecule has 0 radical (unpaired) electrons. The number of hydrogen-bond acceptors (Lipinski definition) is 3. The Balaban J connectivity index is 1.22. The van der Waals surface area contributed by atoms with E-state index in [2.05, 4.69) is 40.6 Å². The summed E-state index contributed by atoms with van der Waals surface area (Å²) in [6.07, 6.45) is 11.0. The molecule has 29 heavy (non-hydrogen) atoms. The lowest BCUT2D eigenvalue weighted by molar-refractivity contribution is 0.0952. The van der Waals surface area contributed by atoms with Gasteiger partial charge in [-0.2, -0.15) is 0 Å². The molecule has 4 nitrogen and oxygen atoms in total. The fourth-order valence-corrected chi connectivity index (χ4v) is 3.89. The average molecular weight is 386 g/mol. The van der Waals surface area contributed by atoms with Gasteiger partial charge < -0.3 is 15.0 Å². The van der Waals surface area contributed by atoms with E-state index in [0.29, 0.717) is 11.5 Å². The molecule has 3 aliphatic rings. The second-order valence-corrected chi connectivity index (χ2v) is 8.15. The Morgan fingerprint density at radius 2 is 1.72 bits per heavy atom. The quantitative estimate of drug-likeness (QED) is 0.796. The van der Waals surface area contributed by atoms with Crippen LogP contribution >= 0.6 is 0 Å². The van der Waals surface area contributed by atoms with Crippen molar-refractivity contribution in [3.05, 3.63) is 83.1 Å². The number of amides is 1. The van der Waals surface area contributed by atoms with Gasteiger partial charge in [-0.1, -0.05) is 12.1 Å². The zero-order chi connectivity index (χ0) is 19.6. The van der Waals surface area contributed by atoms with Gasteiger partial charge in [-0.15, -0.1) is 0 Å². The van der Waals surface area contributed by atoms with E-state index < -0.39 is 0 Å². The zero-order valence-electron chi connectivity index (χ0n) is 16.6. The third-order valence-corrected chi connectivity index (χ3v) is 5.98. The monoisotopic (exact) mass is 386 g/mol. The second-order valence-electron chi connectivity index (χ2n) is 8.15. The van der Waals surface area contributed by atoms with E-state index in [-0.39, 0.29) is 5.91 Å². The summed E-state index contributed by atoms with van der Waals surface area (Å²) in [5.41, 5.74) is 4.80. The van der Waals surface area contributed by atoms with Crippen molar-refractivity contribution < 1.29 is 9.53 Å². The molecule has 148 valence electrons. The fraction of sp³-hybridized carbons (Fsp3) is 0.320. The minimum absolute atomic E-state index is 0.00513. The highest BCUT2D eigenvalue weighted by Crippen LogP contribution is 2.29. The van der Waals surface area contributed by atoms with Gasteiger partial charge in [0, 0.05) is 30.9 Å². The number of carbonyl (C=O) groups is 1. The average Bonchev–Trinajstić information content (AvgIpc) is 3.53. The molecule has 1 N–H and O–H groups in total. The molecule has 1 heterocycles. The summed E-state index contributed by atoms with van der Waals surface area (Å²) in [6.45, 7) is 2.89. The minimum atomic E-state index is -0.00513.